The summed E-state index contributed by atoms with van der Waals surface area (Å²) in [5.41, 5.74) is 1.91. The van der Waals surface area contributed by atoms with E-state index in [-0.39, 0.29) is 5.56 Å². The van der Waals surface area contributed by atoms with Crippen LogP contribution in [0.5, 0.6) is 0 Å². The monoisotopic (exact) mass is 268 g/mol. The molecule has 2 aromatic rings. The van der Waals surface area contributed by atoms with Crippen molar-refractivity contribution in [2.24, 2.45) is 0 Å². The average Bonchev–Trinajstić information content (AvgIpc) is 2.85. The molecular formula is C13H14F2N2S. The molecule has 2 rings (SSSR count). The highest BCUT2D eigenvalue weighted by Gasteiger charge is 2.08. The van der Waals surface area contributed by atoms with Crippen molar-refractivity contribution in [2.75, 3.05) is 6.54 Å². The van der Waals surface area contributed by atoms with Crippen molar-refractivity contribution in [1.82, 2.24) is 10.3 Å². The molecule has 18 heavy (non-hydrogen) atoms. The minimum absolute atomic E-state index is 0.0446. The zero-order chi connectivity index (χ0) is 13.0. The number of nitrogens with one attached hydrogen (secondary N) is 1. The van der Waals surface area contributed by atoms with Gasteiger partial charge in [-0.15, -0.1) is 11.3 Å². The summed E-state index contributed by atoms with van der Waals surface area (Å²) in [6.07, 6.45) is -2.42. The Morgan fingerprint density at radius 1 is 1.28 bits per heavy atom. The van der Waals surface area contributed by atoms with Gasteiger partial charge in [-0.25, -0.2) is 13.8 Å². The van der Waals surface area contributed by atoms with Crippen LogP contribution in [-0.4, -0.2) is 11.5 Å². The van der Waals surface area contributed by atoms with Crippen LogP contribution in [0.15, 0.2) is 29.6 Å². The van der Waals surface area contributed by atoms with Gasteiger partial charge in [0.15, 0.2) is 0 Å². The van der Waals surface area contributed by atoms with Gasteiger partial charge in [0.1, 0.15) is 5.01 Å². The fraction of sp³-hybridized carbons (Fsp3) is 0.308. The van der Waals surface area contributed by atoms with Crippen LogP contribution in [0.1, 0.15) is 24.6 Å². The van der Waals surface area contributed by atoms with Gasteiger partial charge in [0, 0.05) is 23.1 Å². The highest BCUT2D eigenvalue weighted by atomic mass is 32.1. The quantitative estimate of drug-likeness (QED) is 0.890. The summed E-state index contributed by atoms with van der Waals surface area (Å²) >= 11 is 1.53. The Morgan fingerprint density at radius 3 is 2.61 bits per heavy atom. The SMILES string of the molecule is CCNCc1csc(-c2ccc(C(F)F)cc2)n1. The molecule has 0 aliphatic rings. The summed E-state index contributed by atoms with van der Waals surface area (Å²) in [5.74, 6) is 0. The molecule has 0 aliphatic heterocycles. The molecule has 1 aromatic heterocycles. The first-order valence-corrected chi connectivity index (χ1v) is 6.62. The number of hydrogen-bond acceptors (Lipinski definition) is 3. The van der Waals surface area contributed by atoms with Gasteiger partial charge in [0.25, 0.3) is 6.43 Å². The van der Waals surface area contributed by atoms with Gasteiger partial charge in [-0.1, -0.05) is 31.2 Å². The van der Waals surface area contributed by atoms with E-state index in [4.69, 9.17) is 0 Å². The molecule has 0 bridgehead atoms. The molecule has 0 spiro atoms. The van der Waals surface area contributed by atoms with Crippen molar-refractivity contribution in [2.45, 2.75) is 19.9 Å². The van der Waals surface area contributed by atoms with E-state index in [1.165, 1.54) is 23.5 Å². The zero-order valence-corrected chi connectivity index (χ0v) is 10.8. The van der Waals surface area contributed by atoms with Gasteiger partial charge in [-0.2, -0.15) is 0 Å². The summed E-state index contributed by atoms with van der Waals surface area (Å²) in [6.45, 7) is 3.68. The van der Waals surface area contributed by atoms with Crippen LogP contribution in [-0.2, 0) is 6.54 Å². The predicted molar refractivity (Wildman–Crippen MR) is 69.9 cm³/mol. The van der Waals surface area contributed by atoms with Gasteiger partial charge < -0.3 is 5.32 Å². The molecule has 0 radical (unpaired) electrons. The third-order valence-corrected chi connectivity index (χ3v) is 3.46. The molecule has 5 heteroatoms. The highest BCUT2D eigenvalue weighted by molar-refractivity contribution is 7.13. The number of aromatic nitrogens is 1. The number of thiazole rings is 1. The smallest absolute Gasteiger partial charge is 0.263 e. The molecule has 0 atom stereocenters. The Bertz CT molecular complexity index is 494. The summed E-state index contributed by atoms with van der Waals surface area (Å²) in [6, 6.07) is 6.28. The first kappa shape index (κ1) is 13.1. The second-order valence-corrected chi connectivity index (χ2v) is 4.71. The third-order valence-electron chi connectivity index (χ3n) is 2.52. The molecule has 0 saturated carbocycles. The maximum Gasteiger partial charge on any atom is 0.263 e. The van der Waals surface area contributed by atoms with Crippen LogP contribution in [0.4, 0.5) is 8.78 Å². The van der Waals surface area contributed by atoms with Crippen LogP contribution in [0, 0.1) is 0 Å². The van der Waals surface area contributed by atoms with E-state index in [1.807, 2.05) is 12.3 Å². The van der Waals surface area contributed by atoms with Crippen molar-refractivity contribution in [3.8, 4) is 10.6 Å². The second-order valence-electron chi connectivity index (χ2n) is 3.85. The molecule has 0 unspecified atom stereocenters. The van der Waals surface area contributed by atoms with Crippen LogP contribution in [0.3, 0.4) is 0 Å². The van der Waals surface area contributed by atoms with E-state index in [2.05, 4.69) is 10.3 Å². The predicted octanol–water partition coefficient (Wildman–Crippen LogP) is 3.86. The first-order valence-electron chi connectivity index (χ1n) is 5.74. The lowest BCUT2D eigenvalue weighted by molar-refractivity contribution is 0.151. The Morgan fingerprint density at radius 2 is 2.00 bits per heavy atom. The molecular weight excluding hydrogens is 254 g/mol. The van der Waals surface area contributed by atoms with Crippen molar-refractivity contribution in [1.29, 1.82) is 0 Å². The van der Waals surface area contributed by atoms with Crippen LogP contribution in [0.25, 0.3) is 10.6 Å². The number of alkyl halides is 2. The lowest BCUT2D eigenvalue weighted by atomic mass is 10.1. The third kappa shape index (κ3) is 3.11. The van der Waals surface area contributed by atoms with Gasteiger partial charge in [0.05, 0.1) is 5.69 Å². The van der Waals surface area contributed by atoms with Gasteiger partial charge >= 0.3 is 0 Å². The Hall–Kier alpha value is -1.33. The molecule has 0 amide bonds. The number of hydrogen-bond donors (Lipinski definition) is 1. The minimum Gasteiger partial charge on any atom is -0.311 e. The zero-order valence-electron chi connectivity index (χ0n) is 9.99. The standard InChI is InChI=1S/C13H14F2N2S/c1-2-16-7-11-8-18-13(17-11)10-5-3-9(4-6-10)12(14)15/h3-6,8,12,16H,2,7H2,1H3. The largest absolute Gasteiger partial charge is 0.311 e. The van der Waals surface area contributed by atoms with E-state index in [9.17, 15) is 8.78 Å². The Labute approximate surface area is 109 Å². The molecule has 2 nitrogen and oxygen atoms in total. The van der Waals surface area contributed by atoms with Crippen molar-refractivity contribution in [3.05, 3.63) is 40.9 Å². The van der Waals surface area contributed by atoms with Crippen LogP contribution < -0.4 is 5.32 Å². The van der Waals surface area contributed by atoms with Crippen molar-refractivity contribution < 1.29 is 8.78 Å². The second kappa shape index (κ2) is 6.02. The fourth-order valence-corrected chi connectivity index (χ4v) is 2.37. The maximum absolute atomic E-state index is 12.4. The number of nitrogens with zero attached hydrogens (tertiary/aromatic N) is 1. The molecule has 0 fully saturated rings. The highest BCUT2D eigenvalue weighted by Crippen LogP contribution is 2.26. The van der Waals surface area contributed by atoms with E-state index in [0.29, 0.717) is 0 Å². The van der Waals surface area contributed by atoms with E-state index < -0.39 is 6.43 Å². The number of benzene rings is 1. The lowest BCUT2D eigenvalue weighted by Crippen LogP contribution is -2.11. The van der Waals surface area contributed by atoms with Gasteiger partial charge in [0.2, 0.25) is 0 Å². The first-order chi connectivity index (χ1) is 8.70. The maximum atomic E-state index is 12.4. The lowest BCUT2D eigenvalue weighted by Gasteiger charge is -2.00. The topological polar surface area (TPSA) is 24.9 Å². The van der Waals surface area contributed by atoms with Crippen molar-refractivity contribution >= 4 is 11.3 Å². The van der Waals surface area contributed by atoms with Gasteiger partial charge in [-0.3, -0.25) is 0 Å². The Kier molecular flexibility index (Phi) is 4.38. The summed E-state index contributed by atoms with van der Waals surface area (Å²) in [4.78, 5) is 4.46. The summed E-state index contributed by atoms with van der Waals surface area (Å²) in [7, 11) is 0. The minimum atomic E-state index is -2.42. The molecule has 0 aliphatic carbocycles. The fourth-order valence-electron chi connectivity index (χ4n) is 1.55. The van der Waals surface area contributed by atoms with Gasteiger partial charge in [-0.05, 0) is 6.54 Å². The van der Waals surface area contributed by atoms with E-state index in [1.54, 1.807) is 12.1 Å². The Balaban J connectivity index is 2.13. The number of rotatable bonds is 5. The van der Waals surface area contributed by atoms with Crippen molar-refractivity contribution in [3.63, 3.8) is 0 Å². The molecule has 1 aromatic carbocycles. The van der Waals surface area contributed by atoms with Crippen LogP contribution in [0.2, 0.25) is 0 Å². The summed E-state index contributed by atoms with van der Waals surface area (Å²) < 4.78 is 24.8. The number of halogens is 2. The average molecular weight is 268 g/mol. The van der Waals surface area contributed by atoms with E-state index >= 15 is 0 Å². The summed E-state index contributed by atoms with van der Waals surface area (Å²) in [5, 5.41) is 6.05. The van der Waals surface area contributed by atoms with Crippen LogP contribution >= 0.6 is 11.3 Å². The molecule has 1 N–H and O–H groups in total. The molecule has 1 heterocycles. The van der Waals surface area contributed by atoms with E-state index in [0.717, 1.165) is 29.4 Å². The molecule has 96 valence electrons. The normalized spacial score (nSPS) is 11.1. The molecule has 0 saturated heterocycles.